The van der Waals surface area contributed by atoms with Crippen LogP contribution in [0.1, 0.15) is 40.0 Å². The summed E-state index contributed by atoms with van der Waals surface area (Å²) in [5.74, 6) is 0.743. The number of amides is 1. The SMILES string of the molecule is CC(C)(C)OC(=O)N1C[C@H]2CC[C@H]1C2. The molecule has 1 heterocycles. The Morgan fingerprint density at radius 3 is 2.50 bits per heavy atom. The van der Waals surface area contributed by atoms with Crippen LogP contribution in [0.15, 0.2) is 0 Å². The fourth-order valence-electron chi connectivity index (χ4n) is 2.47. The summed E-state index contributed by atoms with van der Waals surface area (Å²) in [6.45, 7) is 6.66. The predicted molar refractivity (Wildman–Crippen MR) is 54.1 cm³/mol. The normalized spacial score (nSPS) is 30.9. The Morgan fingerprint density at radius 2 is 2.07 bits per heavy atom. The summed E-state index contributed by atoms with van der Waals surface area (Å²) in [7, 11) is 0. The number of rotatable bonds is 0. The van der Waals surface area contributed by atoms with Crippen LogP contribution in [-0.2, 0) is 4.74 Å². The van der Waals surface area contributed by atoms with Crippen molar-refractivity contribution in [3.63, 3.8) is 0 Å². The maximum Gasteiger partial charge on any atom is 0.410 e. The van der Waals surface area contributed by atoms with Gasteiger partial charge in [0.2, 0.25) is 0 Å². The number of ether oxygens (including phenoxy) is 1. The number of carbonyl (C=O) groups is 1. The molecule has 0 radical (unpaired) electrons. The first-order chi connectivity index (χ1) is 6.46. The van der Waals surface area contributed by atoms with Crippen LogP contribution in [0.25, 0.3) is 0 Å². The highest BCUT2D eigenvalue weighted by Crippen LogP contribution is 2.37. The maximum atomic E-state index is 11.8. The number of fused-ring (bicyclic) bond motifs is 2. The predicted octanol–water partition coefficient (Wildman–Crippen LogP) is 2.41. The minimum Gasteiger partial charge on any atom is -0.444 e. The van der Waals surface area contributed by atoms with Gasteiger partial charge in [0.05, 0.1) is 0 Å². The molecule has 1 saturated carbocycles. The van der Waals surface area contributed by atoms with Crippen molar-refractivity contribution in [3.05, 3.63) is 0 Å². The summed E-state index contributed by atoms with van der Waals surface area (Å²) in [5, 5.41) is 0. The second-order valence-electron chi connectivity index (χ2n) is 5.47. The van der Waals surface area contributed by atoms with Crippen LogP contribution in [0, 0.1) is 5.92 Å². The molecule has 3 nitrogen and oxygen atoms in total. The van der Waals surface area contributed by atoms with Crippen molar-refractivity contribution in [2.24, 2.45) is 5.92 Å². The lowest BCUT2D eigenvalue weighted by Crippen LogP contribution is -2.41. The van der Waals surface area contributed by atoms with E-state index in [0.717, 1.165) is 12.5 Å². The highest BCUT2D eigenvalue weighted by molar-refractivity contribution is 5.69. The molecular weight excluding hydrogens is 178 g/mol. The van der Waals surface area contributed by atoms with Crippen molar-refractivity contribution in [2.75, 3.05) is 6.54 Å². The highest BCUT2D eigenvalue weighted by Gasteiger charge is 2.41. The van der Waals surface area contributed by atoms with Crippen LogP contribution in [0.4, 0.5) is 4.79 Å². The molecule has 0 N–H and O–H groups in total. The molecule has 80 valence electrons. The van der Waals surface area contributed by atoms with Gasteiger partial charge >= 0.3 is 6.09 Å². The number of piperidine rings is 1. The molecule has 1 aliphatic heterocycles. The van der Waals surface area contributed by atoms with Gasteiger partial charge in [-0.15, -0.1) is 0 Å². The van der Waals surface area contributed by atoms with E-state index in [4.69, 9.17) is 4.74 Å². The van der Waals surface area contributed by atoms with Crippen molar-refractivity contribution in [1.82, 2.24) is 4.90 Å². The zero-order valence-electron chi connectivity index (χ0n) is 9.25. The van der Waals surface area contributed by atoms with E-state index in [9.17, 15) is 4.79 Å². The molecule has 1 aliphatic carbocycles. The first-order valence-corrected chi connectivity index (χ1v) is 5.45. The van der Waals surface area contributed by atoms with E-state index in [-0.39, 0.29) is 11.7 Å². The molecular formula is C11H19NO2. The van der Waals surface area contributed by atoms with Crippen molar-refractivity contribution >= 4 is 6.09 Å². The molecule has 0 spiro atoms. The number of nitrogens with zero attached hydrogens (tertiary/aromatic N) is 1. The molecule has 1 saturated heterocycles. The van der Waals surface area contributed by atoms with Gasteiger partial charge in [-0.2, -0.15) is 0 Å². The summed E-state index contributed by atoms with van der Waals surface area (Å²) in [6.07, 6.45) is 3.54. The van der Waals surface area contributed by atoms with Gasteiger partial charge < -0.3 is 9.64 Å². The second-order valence-corrected chi connectivity index (χ2v) is 5.47. The molecule has 2 fully saturated rings. The Balaban J connectivity index is 1.93. The molecule has 0 aromatic carbocycles. The zero-order valence-corrected chi connectivity index (χ0v) is 9.25. The number of likely N-dealkylation sites (tertiary alicyclic amines) is 1. The van der Waals surface area contributed by atoms with E-state index in [1.54, 1.807) is 0 Å². The second kappa shape index (κ2) is 3.14. The van der Waals surface area contributed by atoms with Crippen LogP contribution in [-0.4, -0.2) is 29.2 Å². The average molecular weight is 197 g/mol. The molecule has 0 aromatic heterocycles. The average Bonchev–Trinajstić information content (AvgIpc) is 2.59. The van der Waals surface area contributed by atoms with E-state index in [1.165, 1.54) is 19.3 Å². The van der Waals surface area contributed by atoms with Crippen molar-refractivity contribution in [2.45, 2.75) is 51.7 Å². The third kappa shape index (κ3) is 1.86. The number of hydrogen-bond donors (Lipinski definition) is 0. The van der Waals surface area contributed by atoms with E-state index in [0.29, 0.717) is 6.04 Å². The Bertz CT molecular complexity index is 244. The number of carbonyl (C=O) groups excluding carboxylic acids is 1. The minimum atomic E-state index is -0.362. The topological polar surface area (TPSA) is 29.5 Å². The first kappa shape index (κ1) is 9.81. The summed E-state index contributed by atoms with van der Waals surface area (Å²) in [6, 6.07) is 0.467. The smallest absolute Gasteiger partial charge is 0.410 e. The quantitative estimate of drug-likeness (QED) is 0.597. The fraction of sp³-hybridized carbons (Fsp3) is 0.909. The van der Waals surface area contributed by atoms with Gasteiger partial charge in [0.1, 0.15) is 5.60 Å². The van der Waals surface area contributed by atoms with E-state index in [2.05, 4.69) is 0 Å². The van der Waals surface area contributed by atoms with E-state index >= 15 is 0 Å². The third-order valence-electron chi connectivity index (χ3n) is 3.04. The highest BCUT2D eigenvalue weighted by atomic mass is 16.6. The lowest BCUT2D eigenvalue weighted by molar-refractivity contribution is 0.0191. The fourth-order valence-corrected chi connectivity index (χ4v) is 2.47. The monoisotopic (exact) mass is 197 g/mol. The van der Waals surface area contributed by atoms with Crippen molar-refractivity contribution < 1.29 is 9.53 Å². The Kier molecular flexibility index (Phi) is 2.20. The summed E-state index contributed by atoms with van der Waals surface area (Å²) < 4.78 is 5.36. The van der Waals surface area contributed by atoms with Crippen LogP contribution in [0.5, 0.6) is 0 Å². The third-order valence-corrected chi connectivity index (χ3v) is 3.04. The van der Waals surface area contributed by atoms with Crippen LogP contribution in [0.2, 0.25) is 0 Å². The summed E-state index contributed by atoms with van der Waals surface area (Å²) >= 11 is 0. The minimum absolute atomic E-state index is 0.121. The van der Waals surface area contributed by atoms with E-state index < -0.39 is 0 Å². The summed E-state index contributed by atoms with van der Waals surface area (Å²) in [4.78, 5) is 13.7. The standard InChI is InChI=1S/C11H19NO2/c1-11(2,3)14-10(13)12-7-8-4-5-9(12)6-8/h8-9H,4-7H2,1-3H3/t8-,9-/m0/s1. The lowest BCUT2D eigenvalue weighted by Gasteiger charge is -2.30. The Morgan fingerprint density at radius 1 is 1.36 bits per heavy atom. The van der Waals surface area contributed by atoms with Gasteiger partial charge in [-0.25, -0.2) is 4.79 Å². The Labute approximate surface area is 85.4 Å². The largest absolute Gasteiger partial charge is 0.444 e. The molecule has 0 aromatic rings. The zero-order chi connectivity index (χ0) is 10.3. The molecule has 2 rings (SSSR count). The van der Waals surface area contributed by atoms with Gasteiger partial charge in [-0.05, 0) is 46.0 Å². The van der Waals surface area contributed by atoms with Gasteiger partial charge in [0.25, 0.3) is 0 Å². The molecule has 2 aliphatic rings. The molecule has 3 heteroatoms. The van der Waals surface area contributed by atoms with Crippen LogP contribution >= 0.6 is 0 Å². The molecule has 2 bridgehead atoms. The van der Waals surface area contributed by atoms with Crippen molar-refractivity contribution in [3.8, 4) is 0 Å². The number of hydrogen-bond acceptors (Lipinski definition) is 2. The van der Waals surface area contributed by atoms with Crippen LogP contribution in [0.3, 0.4) is 0 Å². The van der Waals surface area contributed by atoms with Gasteiger partial charge in [0, 0.05) is 12.6 Å². The van der Waals surface area contributed by atoms with E-state index in [1.807, 2.05) is 25.7 Å². The Hall–Kier alpha value is -0.730. The van der Waals surface area contributed by atoms with Crippen LogP contribution < -0.4 is 0 Å². The lowest BCUT2D eigenvalue weighted by atomic mass is 10.1. The van der Waals surface area contributed by atoms with Gasteiger partial charge in [0.15, 0.2) is 0 Å². The van der Waals surface area contributed by atoms with Crippen molar-refractivity contribution in [1.29, 1.82) is 0 Å². The first-order valence-electron chi connectivity index (χ1n) is 5.45. The van der Waals surface area contributed by atoms with Gasteiger partial charge in [-0.3, -0.25) is 0 Å². The maximum absolute atomic E-state index is 11.8. The molecule has 1 amide bonds. The molecule has 2 atom stereocenters. The summed E-state index contributed by atoms with van der Waals surface area (Å²) in [5.41, 5.74) is -0.362. The molecule has 0 unspecified atom stereocenters. The van der Waals surface area contributed by atoms with Gasteiger partial charge in [-0.1, -0.05) is 0 Å². The molecule has 14 heavy (non-hydrogen) atoms.